The van der Waals surface area contributed by atoms with Crippen LogP contribution in [0.5, 0.6) is 5.75 Å². The fourth-order valence-electron chi connectivity index (χ4n) is 11.3. The standard InChI is InChI=1S/C72H89F2N15O18S2.2Na/c1-5-23-76-70(98)82-50-12-9-14-54(39-50)109(102,103)87-51-13-8-11-46(36-51)57(40-62(91)92)84-72(100)81-49-19-17-48(18-20-49)80-71(99)77-25-29-105-31-33-106-32-30-104-28-22-61(90)83-59(41-63(93)94)68(97)89-26-10-15-60(89)66(95)85-64(44(2)3)67(96)88-108(4,101)43-45-34-52-38-53(35-45)107-27-7-6-24-75-58-37-47(16-21-55(58)73)65-56(74)42-78-69(79-52)86-65;;/h8-9,11-14,16-21,34-39,42,44,57,59-60,64,75,87H,5-7,10,15,22-33,40-41,43H2,1-4H3,(H,83,90)(H,85,95)(H,91,92)(H,93,94)(H2,76,82,98)(H2,77,80,99)(H,78,79,86)(H2,81,84,100);;/q;2*+1/p-2/t57-,59+,60+,64+,108-;;/m1../s1. The Balaban J connectivity index is 0.00000961. The Hall–Kier alpha value is -9.15. The number of urea groups is 3. The Labute approximate surface area is 685 Å². The Morgan fingerprint density at radius 3 is 2.05 bits per heavy atom. The number of nitrogens with one attached hydrogen (secondary N) is 11. The first-order valence-electron chi connectivity index (χ1n) is 35.0. The van der Waals surface area contributed by atoms with Crippen LogP contribution in [0.15, 0.2) is 125 Å². The van der Waals surface area contributed by atoms with Gasteiger partial charge in [0.2, 0.25) is 23.7 Å². The molecule has 2 aliphatic heterocycles. The number of hydrogen-bond acceptors (Lipinski definition) is 22. The molecule has 2 aliphatic rings. The average molecular weight is 1600 g/mol. The van der Waals surface area contributed by atoms with Gasteiger partial charge in [-0.3, -0.25) is 23.9 Å². The molecule has 0 saturated carbocycles. The predicted octanol–water partition coefficient (Wildman–Crippen LogP) is -0.764. The van der Waals surface area contributed by atoms with Crippen LogP contribution in [0.1, 0.15) is 89.3 Å². The van der Waals surface area contributed by atoms with Crippen molar-refractivity contribution in [2.24, 2.45) is 10.3 Å². The molecule has 10 amide bonds. The maximum absolute atomic E-state index is 15.1. The van der Waals surface area contributed by atoms with Gasteiger partial charge in [0, 0.05) is 104 Å². The molecule has 39 heteroatoms. The van der Waals surface area contributed by atoms with Crippen LogP contribution in [-0.2, 0) is 68.5 Å². The molecule has 0 radical (unpaired) electrons. The molecular weight excluding hydrogens is 1510 g/mol. The summed E-state index contributed by atoms with van der Waals surface area (Å²) in [6, 6.07) is 19.0. The molecule has 11 N–H and O–H groups in total. The SMILES string of the molecule is CCCNC(=O)Nc1cccc(S(=O)(=O)Nc2cccc([C@@H](CC(=O)[O-])NC(=O)Nc3ccc(NC(=O)NCCOCCOCCOCCC(=O)N[C@@H](CC(=O)[O-])C(=O)N4CCC[C@H]4C(=O)N[C@H](C(=O)N=[S@](C)(=O)Cc4cc5cc(c4)OCCCCNc4cc(ccc4F)-c4nc(ncc4F)N5)C(C)C)cc3)c2)c1.[Na+].[Na+]. The topological polar surface area (TPSA) is 462 Å². The van der Waals surface area contributed by atoms with Gasteiger partial charge in [0.25, 0.3) is 15.9 Å². The van der Waals surface area contributed by atoms with Gasteiger partial charge in [-0.05, 0) is 134 Å². The molecule has 0 spiro atoms. The quantitative estimate of drug-likeness (QED) is 0.0175. The summed E-state index contributed by atoms with van der Waals surface area (Å²) in [5.74, 6) is -8.23. The Morgan fingerprint density at radius 1 is 0.703 bits per heavy atom. The molecule has 111 heavy (non-hydrogen) atoms. The number of amides is 10. The molecule has 0 unspecified atom stereocenters. The number of benzene rings is 5. The number of hydrogen-bond donors (Lipinski definition) is 11. The number of carbonyl (C=O) groups excluding carboxylic acids is 9. The third-order valence-electron chi connectivity index (χ3n) is 16.5. The largest absolute Gasteiger partial charge is 1.00 e. The van der Waals surface area contributed by atoms with Crippen LogP contribution >= 0.6 is 0 Å². The summed E-state index contributed by atoms with van der Waals surface area (Å²) in [7, 11) is -7.61. The van der Waals surface area contributed by atoms with E-state index in [2.05, 4.69) is 72.2 Å². The molecule has 1 aromatic heterocycles. The van der Waals surface area contributed by atoms with Crippen LogP contribution in [0.25, 0.3) is 11.3 Å². The monoisotopic (exact) mass is 1600 g/mol. The summed E-state index contributed by atoms with van der Waals surface area (Å²) < 4.78 is 99.8. The van der Waals surface area contributed by atoms with Crippen molar-refractivity contribution in [1.29, 1.82) is 0 Å². The van der Waals surface area contributed by atoms with E-state index < -0.39 is 128 Å². The number of fused-ring (bicyclic) bond motifs is 7. The van der Waals surface area contributed by atoms with Gasteiger partial charge in [-0.1, -0.05) is 39.0 Å². The van der Waals surface area contributed by atoms with Crippen LogP contribution < -0.4 is 132 Å². The number of sulfonamides is 1. The van der Waals surface area contributed by atoms with Crippen LogP contribution in [-0.4, -0.2) is 178 Å². The number of carbonyl (C=O) groups is 9. The summed E-state index contributed by atoms with van der Waals surface area (Å²) in [5, 5.41) is 50.4. The first-order valence-corrected chi connectivity index (χ1v) is 38.6. The van der Waals surface area contributed by atoms with E-state index in [1.165, 1.54) is 97.3 Å². The van der Waals surface area contributed by atoms with E-state index in [1.807, 2.05) is 6.92 Å². The third kappa shape index (κ3) is 29.8. The molecule has 586 valence electrons. The second-order valence-electron chi connectivity index (χ2n) is 25.6. The van der Waals surface area contributed by atoms with Gasteiger partial charge in [-0.25, -0.2) is 45.8 Å². The number of anilines is 7. The van der Waals surface area contributed by atoms with Gasteiger partial charge >= 0.3 is 77.2 Å². The number of rotatable bonds is 34. The summed E-state index contributed by atoms with van der Waals surface area (Å²) in [5.41, 5.74) is 2.31. The minimum Gasteiger partial charge on any atom is -0.550 e. The number of carboxylic acid groups (broad SMARTS) is 2. The molecule has 1 fully saturated rings. The maximum atomic E-state index is 15.1. The van der Waals surface area contributed by atoms with Gasteiger partial charge in [-0.15, -0.1) is 0 Å². The van der Waals surface area contributed by atoms with E-state index in [0.717, 1.165) is 11.1 Å². The van der Waals surface area contributed by atoms with E-state index >= 15 is 4.39 Å². The molecule has 33 nitrogen and oxygen atoms in total. The zero-order valence-electron chi connectivity index (χ0n) is 62.2. The molecule has 3 heterocycles. The first kappa shape index (κ1) is 90.7. The first-order chi connectivity index (χ1) is 52.1. The van der Waals surface area contributed by atoms with Crippen molar-refractivity contribution in [2.45, 2.75) is 107 Å². The van der Waals surface area contributed by atoms with Gasteiger partial charge in [-0.2, -0.15) is 4.36 Å². The smallest absolute Gasteiger partial charge is 0.550 e. The number of aromatic nitrogens is 2. The van der Waals surface area contributed by atoms with Gasteiger partial charge < -0.3 is 96.8 Å². The molecule has 5 atom stereocenters. The van der Waals surface area contributed by atoms with Crippen molar-refractivity contribution in [3.8, 4) is 17.0 Å². The molecule has 5 aromatic carbocycles. The number of halogens is 2. The Bertz CT molecular complexity index is 4490. The molecule has 1 saturated heterocycles. The van der Waals surface area contributed by atoms with Crippen molar-refractivity contribution in [3.05, 3.63) is 138 Å². The second-order valence-corrected chi connectivity index (χ2v) is 29.7. The van der Waals surface area contributed by atoms with Crippen LogP contribution in [0.3, 0.4) is 0 Å². The minimum atomic E-state index is -4.21. The van der Waals surface area contributed by atoms with E-state index in [4.69, 9.17) is 18.9 Å². The number of aliphatic carboxylic acids is 2. The predicted molar refractivity (Wildman–Crippen MR) is 395 cm³/mol. The number of carboxylic acids is 2. The zero-order valence-corrected chi connectivity index (χ0v) is 67.8. The number of likely N-dealkylation sites (tertiary alicyclic amines) is 1. The van der Waals surface area contributed by atoms with Crippen molar-refractivity contribution < 1.29 is 153 Å². The zero-order chi connectivity index (χ0) is 78.6. The molecule has 0 aliphatic carbocycles. The van der Waals surface area contributed by atoms with E-state index in [0.29, 0.717) is 67.0 Å². The number of nitrogens with zero attached hydrogens (tertiary/aromatic N) is 4. The summed E-state index contributed by atoms with van der Waals surface area (Å²) in [4.78, 5) is 126. The van der Waals surface area contributed by atoms with Crippen LogP contribution in [0.4, 0.5) is 63.2 Å². The maximum Gasteiger partial charge on any atom is 1.00 e. The average Bonchev–Trinajstić information content (AvgIpc) is 1.60. The minimum absolute atomic E-state index is 0. The van der Waals surface area contributed by atoms with E-state index in [1.54, 1.807) is 32.0 Å². The van der Waals surface area contributed by atoms with Crippen LogP contribution in [0, 0.1) is 17.6 Å². The molecular formula is C72H87F2N15Na2O18S2. The van der Waals surface area contributed by atoms with Crippen molar-refractivity contribution >= 4 is 113 Å². The van der Waals surface area contributed by atoms with E-state index in [9.17, 15) is 70.4 Å². The third-order valence-corrected chi connectivity index (χ3v) is 19.3. The Kier molecular flexibility index (Phi) is 36.6. The van der Waals surface area contributed by atoms with Crippen molar-refractivity contribution in [2.75, 3.05) is 110 Å². The fourth-order valence-corrected chi connectivity index (χ4v) is 13.7. The molecule has 8 rings (SSSR count). The van der Waals surface area contributed by atoms with Gasteiger partial charge in [0.05, 0.1) is 84.6 Å². The number of ether oxygens (including phenoxy) is 4. The summed E-state index contributed by atoms with van der Waals surface area (Å²) >= 11 is 0. The van der Waals surface area contributed by atoms with E-state index in [-0.39, 0.29) is 182 Å². The summed E-state index contributed by atoms with van der Waals surface area (Å²) in [6.45, 7) is 6.72. The van der Waals surface area contributed by atoms with Crippen LogP contribution in [0.2, 0.25) is 0 Å². The molecule has 6 bridgehead atoms. The van der Waals surface area contributed by atoms with Crippen molar-refractivity contribution in [3.63, 3.8) is 0 Å². The van der Waals surface area contributed by atoms with Crippen molar-refractivity contribution in [1.82, 2.24) is 41.5 Å². The Morgan fingerprint density at radius 2 is 1.36 bits per heavy atom. The summed E-state index contributed by atoms with van der Waals surface area (Å²) in [6.07, 6.45) is 2.66. The van der Waals surface area contributed by atoms with Gasteiger partial charge in [0.1, 0.15) is 35.4 Å². The fraction of sp³-hybridized carbons (Fsp3) is 0.403. The second kappa shape index (κ2) is 44.8. The normalized spacial score (nSPS) is 14.5. The van der Waals surface area contributed by atoms with Gasteiger partial charge in [0.15, 0.2) is 5.82 Å². The molecule has 6 aromatic rings.